The van der Waals surface area contributed by atoms with Gasteiger partial charge in [0.25, 0.3) is 0 Å². The third kappa shape index (κ3) is 5.59. The van der Waals surface area contributed by atoms with E-state index in [0.29, 0.717) is 0 Å². The van der Waals surface area contributed by atoms with Crippen LogP contribution in [0.1, 0.15) is 20.8 Å². The van der Waals surface area contributed by atoms with Gasteiger partial charge in [0.1, 0.15) is 0 Å². The molecule has 264 valence electrons. The Morgan fingerprint density at radius 2 is 0.673 bits per heavy atom. The number of nitrogens with zero attached hydrogens (tertiary/aromatic N) is 3. The molecule has 0 radical (unpaired) electrons. The predicted octanol–water partition coefficient (Wildman–Crippen LogP) is 14.2. The fraction of sp³-hybridized carbons (Fsp3) is 0.0769. The van der Waals surface area contributed by atoms with E-state index in [1.807, 2.05) is 0 Å². The topological polar surface area (TPSA) is 13.1 Å². The van der Waals surface area contributed by atoms with E-state index in [9.17, 15) is 0 Å². The van der Waals surface area contributed by atoms with Gasteiger partial charge in [0, 0.05) is 49.8 Å². The van der Waals surface area contributed by atoms with Crippen molar-refractivity contribution in [2.75, 3.05) is 4.90 Å². The van der Waals surface area contributed by atoms with Gasteiger partial charge in [-0.3, -0.25) is 0 Å². The Bertz CT molecular complexity index is 2780. The maximum Gasteiger partial charge on any atom is 0.0541 e. The third-order valence-electron chi connectivity index (χ3n) is 11.0. The van der Waals surface area contributed by atoms with E-state index >= 15 is 0 Å². The average Bonchev–Trinajstić information content (AvgIpc) is 3.74. The standard InChI is InChI=1S/C52H41N3/c1-52(2,3)55(42-28-22-36(23-29-42)38-26-32-50-46(34-38)44-18-10-12-20-48(44)53(50)40-14-6-4-7-15-40)43-30-24-37(25-31-43)39-27-33-51-47(35-39)45-19-11-13-21-49(45)54(51)41-16-8-5-9-17-41/h4-35H,1-3H3. The number of aromatic nitrogens is 2. The van der Waals surface area contributed by atoms with Crippen LogP contribution in [0.5, 0.6) is 0 Å². The Morgan fingerprint density at radius 1 is 0.327 bits per heavy atom. The zero-order valence-electron chi connectivity index (χ0n) is 31.3. The monoisotopic (exact) mass is 707 g/mol. The summed E-state index contributed by atoms with van der Waals surface area (Å²) in [5.41, 5.74) is 14.3. The van der Waals surface area contributed by atoms with Crippen LogP contribution in [0, 0.1) is 0 Å². The lowest BCUT2D eigenvalue weighted by molar-refractivity contribution is 0.560. The first kappa shape index (κ1) is 32.8. The lowest BCUT2D eigenvalue weighted by Gasteiger charge is -2.38. The molecule has 0 amide bonds. The van der Waals surface area contributed by atoms with Crippen LogP contribution >= 0.6 is 0 Å². The van der Waals surface area contributed by atoms with Crippen molar-refractivity contribution in [3.8, 4) is 33.6 Å². The van der Waals surface area contributed by atoms with Gasteiger partial charge in [-0.05, 0) is 128 Å². The first-order valence-electron chi connectivity index (χ1n) is 19.1. The molecule has 0 aliphatic heterocycles. The predicted molar refractivity (Wildman–Crippen MR) is 234 cm³/mol. The van der Waals surface area contributed by atoms with Crippen molar-refractivity contribution in [2.24, 2.45) is 0 Å². The molecule has 3 nitrogen and oxygen atoms in total. The van der Waals surface area contributed by atoms with Crippen LogP contribution in [0.4, 0.5) is 11.4 Å². The van der Waals surface area contributed by atoms with Crippen molar-refractivity contribution < 1.29 is 0 Å². The Hall–Kier alpha value is -6.84. The van der Waals surface area contributed by atoms with E-state index in [0.717, 1.165) is 0 Å². The molecule has 10 aromatic rings. The van der Waals surface area contributed by atoms with Crippen LogP contribution in [-0.4, -0.2) is 14.7 Å². The van der Waals surface area contributed by atoms with Gasteiger partial charge < -0.3 is 14.0 Å². The van der Waals surface area contributed by atoms with Gasteiger partial charge in [-0.2, -0.15) is 0 Å². The smallest absolute Gasteiger partial charge is 0.0541 e. The zero-order valence-corrected chi connectivity index (χ0v) is 31.3. The van der Waals surface area contributed by atoms with Crippen molar-refractivity contribution in [1.82, 2.24) is 9.13 Å². The SMILES string of the molecule is CC(C)(C)N(c1ccc(-c2ccc3c(c2)c2ccccc2n3-c2ccccc2)cc1)c1ccc(-c2ccc3c(c2)c2ccccc2n3-c2ccccc2)cc1. The van der Waals surface area contributed by atoms with Crippen LogP contribution < -0.4 is 4.90 Å². The number of anilines is 2. The Kier molecular flexibility index (Phi) is 7.71. The van der Waals surface area contributed by atoms with E-state index in [-0.39, 0.29) is 5.54 Å². The molecule has 0 bridgehead atoms. The van der Waals surface area contributed by atoms with Crippen LogP contribution in [-0.2, 0) is 0 Å². The Labute approximate surface area is 322 Å². The molecule has 10 rings (SSSR count). The second-order valence-electron chi connectivity index (χ2n) is 15.4. The van der Waals surface area contributed by atoms with E-state index in [1.165, 1.54) is 88.6 Å². The molecule has 2 heterocycles. The molecule has 0 saturated carbocycles. The second kappa shape index (κ2) is 12.9. The van der Waals surface area contributed by atoms with Crippen molar-refractivity contribution in [3.05, 3.63) is 194 Å². The highest BCUT2D eigenvalue weighted by Gasteiger charge is 2.24. The highest BCUT2D eigenvalue weighted by Crippen LogP contribution is 2.39. The van der Waals surface area contributed by atoms with Crippen LogP contribution in [0.25, 0.3) is 77.2 Å². The fourth-order valence-electron chi connectivity index (χ4n) is 8.54. The first-order chi connectivity index (χ1) is 26.9. The lowest BCUT2D eigenvalue weighted by atomic mass is 9.98. The van der Waals surface area contributed by atoms with E-state index in [2.05, 4.69) is 229 Å². The van der Waals surface area contributed by atoms with E-state index in [1.54, 1.807) is 0 Å². The van der Waals surface area contributed by atoms with Crippen molar-refractivity contribution in [1.29, 1.82) is 0 Å². The summed E-state index contributed by atoms with van der Waals surface area (Å²) in [6.07, 6.45) is 0. The molecular formula is C52H41N3. The van der Waals surface area contributed by atoms with Gasteiger partial charge in [-0.1, -0.05) is 109 Å². The van der Waals surface area contributed by atoms with Gasteiger partial charge in [-0.25, -0.2) is 0 Å². The summed E-state index contributed by atoms with van der Waals surface area (Å²) in [4.78, 5) is 2.44. The van der Waals surface area contributed by atoms with Crippen LogP contribution in [0.3, 0.4) is 0 Å². The molecule has 0 atom stereocenters. The summed E-state index contributed by atoms with van der Waals surface area (Å²) in [6.45, 7) is 6.84. The van der Waals surface area contributed by atoms with Crippen LogP contribution in [0.2, 0.25) is 0 Å². The zero-order chi connectivity index (χ0) is 37.1. The quantitative estimate of drug-likeness (QED) is 0.168. The van der Waals surface area contributed by atoms with Gasteiger partial charge in [0.05, 0.1) is 22.1 Å². The number of rotatable bonds is 6. The van der Waals surface area contributed by atoms with E-state index in [4.69, 9.17) is 0 Å². The van der Waals surface area contributed by atoms with Crippen molar-refractivity contribution in [3.63, 3.8) is 0 Å². The second-order valence-corrected chi connectivity index (χ2v) is 15.4. The molecular weight excluding hydrogens is 667 g/mol. The molecule has 0 aliphatic rings. The largest absolute Gasteiger partial charge is 0.336 e. The summed E-state index contributed by atoms with van der Waals surface area (Å²) >= 11 is 0. The van der Waals surface area contributed by atoms with Crippen LogP contribution in [0.15, 0.2) is 194 Å². The maximum absolute atomic E-state index is 2.44. The molecule has 2 aromatic heterocycles. The van der Waals surface area contributed by atoms with E-state index < -0.39 is 0 Å². The minimum Gasteiger partial charge on any atom is -0.336 e. The van der Waals surface area contributed by atoms with Crippen molar-refractivity contribution >= 4 is 55.0 Å². The Balaban J connectivity index is 0.977. The molecule has 0 N–H and O–H groups in total. The summed E-state index contributed by atoms with van der Waals surface area (Å²) in [6, 6.07) is 70.6. The molecule has 0 fully saturated rings. The molecule has 0 aliphatic carbocycles. The van der Waals surface area contributed by atoms with Gasteiger partial charge >= 0.3 is 0 Å². The first-order valence-corrected chi connectivity index (χ1v) is 19.1. The highest BCUT2D eigenvalue weighted by atomic mass is 15.2. The van der Waals surface area contributed by atoms with Gasteiger partial charge in [0.2, 0.25) is 0 Å². The average molecular weight is 708 g/mol. The maximum atomic E-state index is 2.44. The lowest BCUT2D eigenvalue weighted by Crippen LogP contribution is -2.37. The van der Waals surface area contributed by atoms with Gasteiger partial charge in [-0.15, -0.1) is 0 Å². The minimum absolute atomic E-state index is 0.139. The summed E-state index contributed by atoms with van der Waals surface area (Å²) in [5.74, 6) is 0. The molecule has 0 unspecified atom stereocenters. The van der Waals surface area contributed by atoms with Gasteiger partial charge in [0.15, 0.2) is 0 Å². The summed E-state index contributed by atoms with van der Waals surface area (Å²) in [5, 5.41) is 5.05. The molecule has 0 saturated heterocycles. The number of hydrogen-bond acceptors (Lipinski definition) is 1. The number of benzene rings is 8. The minimum atomic E-state index is -0.139. The normalized spacial score (nSPS) is 11.9. The molecule has 8 aromatic carbocycles. The summed E-state index contributed by atoms with van der Waals surface area (Å²) in [7, 11) is 0. The molecule has 0 spiro atoms. The number of para-hydroxylation sites is 4. The van der Waals surface area contributed by atoms with Crippen molar-refractivity contribution in [2.45, 2.75) is 26.3 Å². The Morgan fingerprint density at radius 3 is 1.07 bits per heavy atom. The fourth-order valence-corrected chi connectivity index (χ4v) is 8.54. The molecule has 3 heteroatoms. The third-order valence-corrected chi connectivity index (χ3v) is 11.0. The molecule has 55 heavy (non-hydrogen) atoms. The number of hydrogen-bond donors (Lipinski definition) is 0. The number of fused-ring (bicyclic) bond motifs is 6. The highest BCUT2D eigenvalue weighted by molar-refractivity contribution is 6.11. The summed E-state index contributed by atoms with van der Waals surface area (Å²) < 4.78 is 4.74.